The van der Waals surface area contributed by atoms with Crippen LogP contribution in [0.2, 0.25) is 0 Å². The highest BCUT2D eigenvalue weighted by Crippen LogP contribution is 2.41. The van der Waals surface area contributed by atoms with Crippen molar-refractivity contribution in [1.29, 1.82) is 0 Å². The van der Waals surface area contributed by atoms with Crippen molar-refractivity contribution >= 4 is 17.5 Å². The number of carbonyl (C=O) groups is 1. The third kappa shape index (κ3) is 4.29. The quantitative estimate of drug-likeness (QED) is 0.750. The molecule has 8 nitrogen and oxygen atoms in total. The number of carbonyl (C=O) groups excluding carboxylic acids is 1. The highest BCUT2D eigenvalue weighted by Gasteiger charge is 2.40. The maximum absolute atomic E-state index is 11.5. The number of aromatic nitrogens is 2. The minimum atomic E-state index is -0.451. The van der Waals surface area contributed by atoms with E-state index in [0.717, 1.165) is 48.6 Å². The Balaban J connectivity index is 0.00000119. The van der Waals surface area contributed by atoms with Crippen LogP contribution in [-0.2, 0) is 21.7 Å². The molecule has 2 N–H and O–H groups in total. The molecule has 2 fully saturated rings. The largest absolute Gasteiger partial charge is 0.371 e. The van der Waals surface area contributed by atoms with Gasteiger partial charge in [0.2, 0.25) is 0 Å². The Labute approximate surface area is 189 Å². The van der Waals surface area contributed by atoms with E-state index in [4.69, 9.17) is 19.4 Å². The first kappa shape index (κ1) is 22.5. The van der Waals surface area contributed by atoms with Gasteiger partial charge in [0.05, 0.1) is 24.5 Å². The molecule has 2 amide bonds. The number of rotatable bonds is 3. The van der Waals surface area contributed by atoms with Gasteiger partial charge in [-0.2, -0.15) is 0 Å². The molecule has 2 saturated heterocycles. The molecule has 4 heterocycles. The Kier molecular flexibility index (Phi) is 6.35. The van der Waals surface area contributed by atoms with Crippen LogP contribution in [0.4, 0.5) is 16.3 Å². The number of morpholine rings is 1. The van der Waals surface area contributed by atoms with Crippen LogP contribution in [-0.4, -0.2) is 48.3 Å². The van der Waals surface area contributed by atoms with Crippen LogP contribution < -0.4 is 15.5 Å². The van der Waals surface area contributed by atoms with E-state index in [1.54, 1.807) is 7.05 Å². The van der Waals surface area contributed by atoms with E-state index in [-0.39, 0.29) is 18.2 Å². The van der Waals surface area contributed by atoms with Crippen molar-refractivity contribution in [3.05, 3.63) is 35.5 Å². The lowest BCUT2D eigenvalue weighted by molar-refractivity contribution is -0.0101. The van der Waals surface area contributed by atoms with Gasteiger partial charge in [-0.25, -0.2) is 14.8 Å². The van der Waals surface area contributed by atoms with Gasteiger partial charge >= 0.3 is 6.03 Å². The Morgan fingerprint density at radius 2 is 1.75 bits per heavy atom. The molecule has 172 valence electrons. The van der Waals surface area contributed by atoms with Crippen molar-refractivity contribution < 1.29 is 14.3 Å². The minimum Gasteiger partial charge on any atom is -0.371 e. The third-order valence-corrected chi connectivity index (χ3v) is 6.10. The zero-order chi connectivity index (χ0) is 22.9. The minimum absolute atomic E-state index is 0.250. The molecule has 2 atom stereocenters. The van der Waals surface area contributed by atoms with Crippen LogP contribution in [0.3, 0.4) is 0 Å². The van der Waals surface area contributed by atoms with Gasteiger partial charge in [-0.1, -0.05) is 13.8 Å². The highest BCUT2D eigenvalue weighted by atomic mass is 16.5. The molecule has 3 aliphatic heterocycles. The maximum Gasteiger partial charge on any atom is 0.318 e. The van der Waals surface area contributed by atoms with Crippen LogP contribution in [0, 0.1) is 0 Å². The number of nitrogens with one attached hydrogen (secondary N) is 2. The molecule has 2 bridgehead atoms. The van der Waals surface area contributed by atoms with Gasteiger partial charge < -0.3 is 25.0 Å². The predicted octanol–water partition coefficient (Wildman–Crippen LogP) is 4.05. The molecule has 1 aromatic carbocycles. The number of anilines is 2. The fraction of sp³-hybridized carbons (Fsp3) is 0.542. The molecule has 0 radical (unpaired) electrons. The summed E-state index contributed by atoms with van der Waals surface area (Å²) in [6, 6.07) is 7.33. The first-order valence-electron chi connectivity index (χ1n) is 11.5. The average Bonchev–Trinajstić information content (AvgIpc) is 3.32. The second-order valence-electron chi connectivity index (χ2n) is 8.64. The van der Waals surface area contributed by atoms with Crippen LogP contribution in [0.1, 0.15) is 51.8 Å². The van der Waals surface area contributed by atoms with Crippen molar-refractivity contribution in [2.45, 2.75) is 65.0 Å². The highest BCUT2D eigenvalue weighted by molar-refractivity contribution is 5.89. The molecule has 5 rings (SSSR count). The monoisotopic (exact) mass is 439 g/mol. The van der Waals surface area contributed by atoms with E-state index >= 15 is 0 Å². The molecule has 0 saturated carbocycles. The second kappa shape index (κ2) is 9.03. The number of hydrogen-bond acceptors (Lipinski definition) is 6. The van der Waals surface area contributed by atoms with Gasteiger partial charge in [0.1, 0.15) is 11.4 Å². The van der Waals surface area contributed by atoms with E-state index in [1.165, 1.54) is 0 Å². The smallest absolute Gasteiger partial charge is 0.318 e. The zero-order valence-corrected chi connectivity index (χ0v) is 19.6. The van der Waals surface area contributed by atoms with Gasteiger partial charge in [0, 0.05) is 37.0 Å². The molecule has 3 aliphatic rings. The van der Waals surface area contributed by atoms with E-state index in [9.17, 15) is 4.79 Å². The van der Waals surface area contributed by atoms with Crippen molar-refractivity contribution in [3.63, 3.8) is 0 Å². The summed E-state index contributed by atoms with van der Waals surface area (Å²) in [5, 5.41) is 5.32. The summed E-state index contributed by atoms with van der Waals surface area (Å²) in [7, 11) is 1.59. The molecular weight excluding hydrogens is 406 g/mol. The summed E-state index contributed by atoms with van der Waals surface area (Å²) < 4.78 is 12.1. The van der Waals surface area contributed by atoms with Gasteiger partial charge in [-0.05, 0) is 51.0 Å². The average molecular weight is 440 g/mol. The van der Waals surface area contributed by atoms with Crippen molar-refractivity contribution in [3.8, 4) is 11.4 Å². The molecule has 2 unspecified atom stereocenters. The molecule has 32 heavy (non-hydrogen) atoms. The van der Waals surface area contributed by atoms with Crippen LogP contribution >= 0.6 is 0 Å². The van der Waals surface area contributed by atoms with E-state index in [1.807, 2.05) is 38.1 Å². The van der Waals surface area contributed by atoms with Crippen LogP contribution in [0.25, 0.3) is 11.4 Å². The lowest BCUT2D eigenvalue weighted by atomic mass is 10.0. The first-order valence-corrected chi connectivity index (χ1v) is 11.5. The fourth-order valence-electron chi connectivity index (χ4n) is 4.50. The van der Waals surface area contributed by atoms with Crippen LogP contribution in [0.5, 0.6) is 0 Å². The summed E-state index contributed by atoms with van der Waals surface area (Å²) in [5.41, 5.74) is 3.21. The predicted molar refractivity (Wildman–Crippen MR) is 125 cm³/mol. The number of ether oxygens (including phenoxy) is 2. The third-order valence-electron chi connectivity index (χ3n) is 6.10. The number of urea groups is 1. The van der Waals surface area contributed by atoms with Crippen molar-refractivity contribution in [2.24, 2.45) is 0 Å². The summed E-state index contributed by atoms with van der Waals surface area (Å²) >= 11 is 0. The lowest BCUT2D eigenvalue weighted by Gasteiger charge is -2.34. The Morgan fingerprint density at radius 3 is 2.38 bits per heavy atom. The standard InChI is InChI=1S/C22H27N5O3.C2H6/c1-22(2)18-17(12-29-22)20(27-10-15-8-9-16(11-27)30-15)26-19(25-18)13-4-6-14(7-5-13)24-21(28)23-3;1-2/h4-7,15-16H,8-12H2,1-3H3,(H2,23,24,28);1-2H3. The molecule has 1 aromatic heterocycles. The van der Waals surface area contributed by atoms with Crippen molar-refractivity contribution in [1.82, 2.24) is 15.3 Å². The normalized spacial score (nSPS) is 22.6. The molecule has 8 heteroatoms. The Hall–Kier alpha value is -2.71. The van der Waals surface area contributed by atoms with E-state index in [2.05, 4.69) is 29.4 Å². The SMILES string of the molecule is CC.CNC(=O)Nc1ccc(-c2nc(N3CC4CCC(C3)O4)c3c(n2)C(C)(C)OC3)cc1. The number of fused-ring (bicyclic) bond motifs is 3. The lowest BCUT2D eigenvalue weighted by Crippen LogP contribution is -2.43. The molecule has 0 aliphatic carbocycles. The fourth-order valence-corrected chi connectivity index (χ4v) is 4.50. The van der Waals surface area contributed by atoms with E-state index in [0.29, 0.717) is 18.1 Å². The number of benzene rings is 1. The Bertz CT molecular complexity index is 964. The maximum atomic E-state index is 11.5. The van der Waals surface area contributed by atoms with Gasteiger partial charge in [0.15, 0.2) is 5.82 Å². The molecular formula is C24H33N5O3. The topological polar surface area (TPSA) is 88.6 Å². The number of hydrogen-bond donors (Lipinski definition) is 2. The number of amides is 2. The summed E-state index contributed by atoms with van der Waals surface area (Å²) in [6.45, 7) is 10.3. The molecule has 2 aromatic rings. The van der Waals surface area contributed by atoms with Gasteiger partial charge in [-0.15, -0.1) is 0 Å². The summed E-state index contributed by atoms with van der Waals surface area (Å²) in [6.07, 6.45) is 2.79. The molecule has 0 spiro atoms. The summed E-state index contributed by atoms with van der Waals surface area (Å²) in [4.78, 5) is 23.8. The zero-order valence-electron chi connectivity index (χ0n) is 19.6. The second-order valence-corrected chi connectivity index (χ2v) is 8.64. The van der Waals surface area contributed by atoms with Gasteiger partial charge in [0.25, 0.3) is 0 Å². The van der Waals surface area contributed by atoms with Crippen LogP contribution in [0.15, 0.2) is 24.3 Å². The summed E-state index contributed by atoms with van der Waals surface area (Å²) in [5.74, 6) is 1.64. The van der Waals surface area contributed by atoms with Crippen molar-refractivity contribution in [2.75, 3.05) is 30.4 Å². The Morgan fingerprint density at radius 1 is 1.09 bits per heavy atom. The number of nitrogens with zero attached hydrogens (tertiary/aromatic N) is 3. The van der Waals surface area contributed by atoms with Gasteiger partial charge in [-0.3, -0.25) is 0 Å². The first-order chi connectivity index (χ1) is 15.4. The van der Waals surface area contributed by atoms with E-state index < -0.39 is 5.60 Å².